The second-order valence-electron chi connectivity index (χ2n) is 6.16. The first-order valence-corrected chi connectivity index (χ1v) is 7.78. The van der Waals surface area contributed by atoms with Crippen LogP contribution in [0, 0.1) is 20.8 Å². The minimum absolute atomic E-state index is 0.548. The molecule has 2 aromatic rings. The highest BCUT2D eigenvalue weighted by atomic mass is 16.5. The van der Waals surface area contributed by atoms with Crippen molar-refractivity contribution in [3.05, 3.63) is 35.0 Å². The Morgan fingerprint density at radius 1 is 1.29 bits per heavy atom. The van der Waals surface area contributed by atoms with E-state index in [2.05, 4.69) is 33.0 Å². The molecule has 0 spiro atoms. The van der Waals surface area contributed by atoms with E-state index < -0.39 is 0 Å². The fourth-order valence-electron chi connectivity index (χ4n) is 3.19. The van der Waals surface area contributed by atoms with E-state index in [0.717, 1.165) is 31.1 Å². The van der Waals surface area contributed by atoms with E-state index >= 15 is 0 Å². The normalized spacial score (nSPS) is 20.0. The van der Waals surface area contributed by atoms with Crippen LogP contribution in [0.15, 0.2) is 16.9 Å². The van der Waals surface area contributed by atoms with Crippen LogP contribution >= 0.6 is 0 Å². The van der Waals surface area contributed by atoms with Gasteiger partial charge >= 0.3 is 0 Å². The molecule has 0 amide bonds. The van der Waals surface area contributed by atoms with E-state index in [1.165, 1.54) is 30.4 Å². The van der Waals surface area contributed by atoms with Gasteiger partial charge in [0, 0.05) is 24.3 Å². The number of likely N-dealkylation sites (tertiary alicyclic amines) is 1. The molecule has 1 aliphatic rings. The first-order valence-electron chi connectivity index (χ1n) is 7.78. The zero-order valence-electron chi connectivity index (χ0n) is 13.2. The first kappa shape index (κ1) is 14.3. The summed E-state index contributed by atoms with van der Waals surface area (Å²) in [4.78, 5) is 2.56. The van der Waals surface area contributed by atoms with Gasteiger partial charge in [-0.2, -0.15) is 5.10 Å². The number of nitrogens with zero attached hydrogens (tertiary/aromatic N) is 4. The molecular formula is C16H24N4O. The van der Waals surface area contributed by atoms with E-state index in [9.17, 15) is 0 Å². The van der Waals surface area contributed by atoms with Gasteiger partial charge in [0.25, 0.3) is 0 Å². The third-order valence-electron chi connectivity index (χ3n) is 4.45. The van der Waals surface area contributed by atoms with E-state index in [-0.39, 0.29) is 0 Å². The summed E-state index contributed by atoms with van der Waals surface area (Å²) in [5.41, 5.74) is 3.49. The van der Waals surface area contributed by atoms with E-state index in [1.807, 2.05) is 20.0 Å². The predicted octanol–water partition coefficient (Wildman–Crippen LogP) is 2.85. The predicted molar refractivity (Wildman–Crippen MR) is 81.0 cm³/mol. The van der Waals surface area contributed by atoms with Crippen molar-refractivity contribution < 1.29 is 4.52 Å². The zero-order chi connectivity index (χ0) is 14.8. The Balaban J connectivity index is 1.72. The first-order chi connectivity index (χ1) is 10.1. The second-order valence-corrected chi connectivity index (χ2v) is 6.16. The molecule has 0 aromatic carbocycles. The van der Waals surface area contributed by atoms with Crippen molar-refractivity contribution in [3.63, 3.8) is 0 Å². The van der Waals surface area contributed by atoms with Gasteiger partial charge in [-0.1, -0.05) is 11.6 Å². The molecule has 0 saturated carbocycles. The summed E-state index contributed by atoms with van der Waals surface area (Å²) in [5, 5.41) is 8.51. The van der Waals surface area contributed by atoms with Crippen LogP contribution in [0.2, 0.25) is 0 Å². The van der Waals surface area contributed by atoms with Crippen LogP contribution in [-0.4, -0.2) is 32.4 Å². The maximum Gasteiger partial charge on any atom is 0.138 e. The molecule has 1 fully saturated rings. The highest BCUT2D eigenvalue weighted by molar-refractivity contribution is 5.20. The largest absolute Gasteiger partial charge is 0.361 e. The average Bonchev–Trinajstić information content (AvgIpc) is 3.01. The standard InChI is InChI=1S/C16H24N4O/c1-12-8-17-20(9-12)10-15-6-4-5-7-19(15)11-16-13(2)18-21-14(16)3/h8-9,15H,4-7,10-11H2,1-3H3/t15-/m1/s1. The fourth-order valence-corrected chi connectivity index (χ4v) is 3.19. The fraction of sp³-hybridized carbons (Fsp3) is 0.625. The Hall–Kier alpha value is -1.62. The van der Waals surface area contributed by atoms with Crippen LogP contribution in [0.1, 0.15) is 41.8 Å². The van der Waals surface area contributed by atoms with Gasteiger partial charge in [-0.3, -0.25) is 9.58 Å². The molecule has 1 aliphatic heterocycles. The van der Waals surface area contributed by atoms with E-state index in [4.69, 9.17) is 4.52 Å². The van der Waals surface area contributed by atoms with Gasteiger partial charge in [0.2, 0.25) is 0 Å². The summed E-state index contributed by atoms with van der Waals surface area (Å²) < 4.78 is 7.37. The van der Waals surface area contributed by atoms with Gasteiger partial charge in [-0.05, 0) is 45.7 Å². The smallest absolute Gasteiger partial charge is 0.138 e. The Morgan fingerprint density at radius 2 is 2.14 bits per heavy atom. The number of rotatable bonds is 4. The minimum Gasteiger partial charge on any atom is -0.361 e. The number of aryl methyl sites for hydroxylation is 3. The molecule has 0 N–H and O–H groups in total. The van der Waals surface area contributed by atoms with Crippen molar-refractivity contribution in [2.45, 2.75) is 59.2 Å². The van der Waals surface area contributed by atoms with Crippen LogP contribution in [0.5, 0.6) is 0 Å². The second kappa shape index (κ2) is 6.02. The molecular weight excluding hydrogens is 264 g/mol. The van der Waals surface area contributed by atoms with Gasteiger partial charge in [-0.15, -0.1) is 0 Å². The molecule has 3 rings (SSSR count). The number of aromatic nitrogens is 3. The molecule has 0 bridgehead atoms. The molecule has 5 nitrogen and oxygen atoms in total. The molecule has 114 valence electrons. The zero-order valence-corrected chi connectivity index (χ0v) is 13.2. The van der Waals surface area contributed by atoms with Crippen molar-refractivity contribution in [2.24, 2.45) is 0 Å². The van der Waals surface area contributed by atoms with Crippen molar-refractivity contribution in [3.8, 4) is 0 Å². The van der Waals surface area contributed by atoms with Gasteiger partial charge in [0.15, 0.2) is 0 Å². The number of hydrogen-bond acceptors (Lipinski definition) is 4. The maximum atomic E-state index is 5.30. The lowest BCUT2D eigenvalue weighted by molar-refractivity contribution is 0.121. The monoisotopic (exact) mass is 288 g/mol. The molecule has 3 heterocycles. The van der Waals surface area contributed by atoms with Crippen LogP contribution in [0.3, 0.4) is 0 Å². The third kappa shape index (κ3) is 3.18. The SMILES string of the molecule is Cc1cnn(C[C@H]2CCCCN2Cc2c(C)noc2C)c1. The Kier molecular flexibility index (Phi) is 4.10. The topological polar surface area (TPSA) is 47.1 Å². The van der Waals surface area contributed by atoms with E-state index in [1.54, 1.807) is 0 Å². The highest BCUT2D eigenvalue weighted by Gasteiger charge is 2.25. The summed E-state index contributed by atoms with van der Waals surface area (Å²) in [6.07, 6.45) is 7.88. The van der Waals surface area contributed by atoms with Crippen molar-refractivity contribution >= 4 is 0 Å². The van der Waals surface area contributed by atoms with Crippen LogP contribution in [-0.2, 0) is 13.1 Å². The molecule has 1 atom stereocenters. The van der Waals surface area contributed by atoms with Crippen LogP contribution < -0.4 is 0 Å². The molecule has 0 aliphatic carbocycles. The van der Waals surface area contributed by atoms with Gasteiger partial charge in [0.05, 0.1) is 18.4 Å². The minimum atomic E-state index is 0.548. The number of piperidine rings is 1. The van der Waals surface area contributed by atoms with Gasteiger partial charge < -0.3 is 4.52 Å². The molecule has 2 aromatic heterocycles. The molecule has 0 radical (unpaired) electrons. The lowest BCUT2D eigenvalue weighted by Gasteiger charge is -2.35. The summed E-state index contributed by atoms with van der Waals surface area (Å²) in [6.45, 7) is 9.18. The lowest BCUT2D eigenvalue weighted by atomic mass is 10.0. The maximum absolute atomic E-state index is 5.30. The molecule has 1 saturated heterocycles. The Bertz CT molecular complexity index is 582. The van der Waals surface area contributed by atoms with Gasteiger partial charge in [0.1, 0.15) is 5.76 Å². The van der Waals surface area contributed by atoms with Crippen LogP contribution in [0.4, 0.5) is 0 Å². The van der Waals surface area contributed by atoms with E-state index in [0.29, 0.717) is 6.04 Å². The Morgan fingerprint density at radius 3 is 2.81 bits per heavy atom. The Labute approximate surface area is 125 Å². The van der Waals surface area contributed by atoms with Crippen molar-refractivity contribution in [1.82, 2.24) is 19.8 Å². The average molecular weight is 288 g/mol. The van der Waals surface area contributed by atoms with Crippen molar-refractivity contribution in [1.29, 1.82) is 0 Å². The number of hydrogen-bond donors (Lipinski definition) is 0. The summed E-state index contributed by atoms with van der Waals surface area (Å²) in [6, 6.07) is 0.548. The van der Waals surface area contributed by atoms with Crippen LogP contribution in [0.25, 0.3) is 0 Å². The molecule has 0 unspecified atom stereocenters. The quantitative estimate of drug-likeness (QED) is 0.868. The lowest BCUT2D eigenvalue weighted by Crippen LogP contribution is -2.41. The van der Waals surface area contributed by atoms with Gasteiger partial charge in [-0.25, -0.2) is 0 Å². The summed E-state index contributed by atoms with van der Waals surface area (Å²) >= 11 is 0. The van der Waals surface area contributed by atoms with Crippen molar-refractivity contribution in [2.75, 3.05) is 6.54 Å². The highest BCUT2D eigenvalue weighted by Crippen LogP contribution is 2.23. The third-order valence-corrected chi connectivity index (χ3v) is 4.45. The molecule has 5 heteroatoms. The summed E-state index contributed by atoms with van der Waals surface area (Å²) in [7, 11) is 0. The summed E-state index contributed by atoms with van der Waals surface area (Å²) in [5.74, 6) is 0.951. The molecule has 21 heavy (non-hydrogen) atoms.